The number of hydrogen-bond donors (Lipinski definition) is 2. The van der Waals surface area contributed by atoms with Gasteiger partial charge in [-0.1, -0.05) is 22.0 Å². The van der Waals surface area contributed by atoms with Crippen LogP contribution in [0.4, 0.5) is 0 Å². The molecule has 17 heavy (non-hydrogen) atoms. The van der Waals surface area contributed by atoms with Crippen LogP contribution in [0.1, 0.15) is 12.8 Å². The lowest BCUT2D eigenvalue weighted by atomic mass is 9.96. The van der Waals surface area contributed by atoms with E-state index in [1.54, 1.807) is 11.8 Å². The Morgan fingerprint density at radius 3 is 2.76 bits per heavy atom. The van der Waals surface area contributed by atoms with E-state index in [2.05, 4.69) is 15.9 Å². The average Bonchev–Trinajstić information content (AvgIpc) is 3.09. The molecular weight excluding hydrogens is 300 g/mol. The molecule has 3 nitrogen and oxygen atoms in total. The minimum Gasteiger partial charge on any atom is -0.368 e. The van der Waals surface area contributed by atoms with E-state index in [0.717, 1.165) is 22.2 Å². The number of benzene rings is 1. The summed E-state index contributed by atoms with van der Waals surface area (Å²) in [6.45, 7) is 0. The summed E-state index contributed by atoms with van der Waals surface area (Å²) < 4.78 is 1.02. The van der Waals surface area contributed by atoms with Crippen LogP contribution in [0.15, 0.2) is 33.6 Å². The number of amides is 1. The first-order chi connectivity index (χ1) is 8.02. The molecule has 1 aliphatic carbocycles. The van der Waals surface area contributed by atoms with Crippen molar-refractivity contribution in [3.05, 3.63) is 28.7 Å². The van der Waals surface area contributed by atoms with Gasteiger partial charge in [0.25, 0.3) is 0 Å². The van der Waals surface area contributed by atoms with Crippen LogP contribution >= 0.6 is 27.7 Å². The quantitative estimate of drug-likeness (QED) is 0.818. The Labute approximate surface area is 113 Å². The molecule has 0 spiro atoms. The molecule has 5 heteroatoms. The highest BCUT2D eigenvalue weighted by molar-refractivity contribution is 9.10. The van der Waals surface area contributed by atoms with E-state index in [9.17, 15) is 4.79 Å². The summed E-state index contributed by atoms with van der Waals surface area (Å²) in [6, 6.07) is 7.95. The Morgan fingerprint density at radius 2 is 2.24 bits per heavy atom. The van der Waals surface area contributed by atoms with Gasteiger partial charge in [-0.2, -0.15) is 0 Å². The van der Waals surface area contributed by atoms with Crippen molar-refractivity contribution in [2.24, 2.45) is 17.4 Å². The summed E-state index contributed by atoms with van der Waals surface area (Å²) >= 11 is 5.00. The molecule has 1 aromatic rings. The fraction of sp³-hybridized carbons (Fsp3) is 0.417. The van der Waals surface area contributed by atoms with E-state index in [0.29, 0.717) is 5.75 Å². The second-order valence-electron chi connectivity index (χ2n) is 4.42. The molecule has 1 fully saturated rings. The smallest absolute Gasteiger partial charge is 0.238 e. The molecule has 1 atom stereocenters. The molecule has 92 valence electrons. The van der Waals surface area contributed by atoms with Gasteiger partial charge < -0.3 is 11.5 Å². The molecule has 0 aliphatic heterocycles. The molecular formula is C12H15BrN2OS. The second-order valence-corrected chi connectivity index (χ2v) is 6.39. The molecule has 4 N–H and O–H groups in total. The summed E-state index contributed by atoms with van der Waals surface area (Å²) in [7, 11) is 0. The van der Waals surface area contributed by atoms with Crippen molar-refractivity contribution in [2.75, 3.05) is 5.75 Å². The minimum absolute atomic E-state index is 0.264. The molecule has 0 aromatic heterocycles. The van der Waals surface area contributed by atoms with E-state index in [4.69, 9.17) is 11.5 Å². The standard InChI is InChI=1S/C12H15BrN2OS/c13-9-2-1-3-10(6-9)17-7-12(15,11(14)16)8-4-5-8/h1-3,6,8H,4-5,7,15H2,(H2,14,16). The topological polar surface area (TPSA) is 69.1 Å². The second kappa shape index (κ2) is 5.00. The fourth-order valence-corrected chi connectivity index (χ4v) is 3.47. The SMILES string of the molecule is NC(=O)C(N)(CSc1cccc(Br)c1)C1CC1. The van der Waals surface area contributed by atoms with Gasteiger partial charge in [0.1, 0.15) is 5.54 Å². The van der Waals surface area contributed by atoms with Gasteiger partial charge in [-0.25, -0.2) is 0 Å². The van der Waals surface area contributed by atoms with Crippen molar-refractivity contribution < 1.29 is 4.79 Å². The predicted octanol–water partition coefficient (Wildman–Crippen LogP) is 2.13. The first kappa shape index (κ1) is 12.9. The molecule has 1 saturated carbocycles. The van der Waals surface area contributed by atoms with Crippen molar-refractivity contribution in [1.29, 1.82) is 0 Å². The third kappa shape index (κ3) is 3.03. The molecule has 2 rings (SSSR count). The van der Waals surface area contributed by atoms with Crippen LogP contribution in [0.5, 0.6) is 0 Å². The number of nitrogens with two attached hydrogens (primary N) is 2. The molecule has 0 radical (unpaired) electrons. The zero-order chi connectivity index (χ0) is 12.5. The Morgan fingerprint density at radius 1 is 1.53 bits per heavy atom. The van der Waals surface area contributed by atoms with E-state index in [1.165, 1.54) is 0 Å². The Hall–Kier alpha value is -0.520. The van der Waals surface area contributed by atoms with E-state index >= 15 is 0 Å². The van der Waals surface area contributed by atoms with Crippen LogP contribution < -0.4 is 11.5 Å². The third-order valence-corrected chi connectivity index (χ3v) is 4.74. The molecule has 1 aliphatic rings. The molecule has 1 aromatic carbocycles. The summed E-state index contributed by atoms with van der Waals surface area (Å²) in [6.07, 6.45) is 2.02. The Bertz CT molecular complexity index is 436. The minimum atomic E-state index is -0.854. The number of primary amides is 1. The normalized spacial score (nSPS) is 18.7. The number of halogens is 1. The number of carbonyl (C=O) groups is 1. The van der Waals surface area contributed by atoms with Gasteiger partial charge in [-0.3, -0.25) is 4.79 Å². The summed E-state index contributed by atoms with van der Waals surface area (Å²) in [4.78, 5) is 12.6. The van der Waals surface area contributed by atoms with Crippen molar-refractivity contribution >= 4 is 33.6 Å². The molecule has 1 unspecified atom stereocenters. The molecule has 0 bridgehead atoms. The predicted molar refractivity (Wildman–Crippen MR) is 73.7 cm³/mol. The summed E-state index contributed by atoms with van der Waals surface area (Å²) in [5.41, 5.74) is 10.7. The zero-order valence-electron chi connectivity index (χ0n) is 9.36. The van der Waals surface area contributed by atoms with Crippen LogP contribution in [0.2, 0.25) is 0 Å². The van der Waals surface area contributed by atoms with Crippen LogP contribution in [-0.2, 0) is 4.79 Å². The maximum Gasteiger partial charge on any atom is 0.238 e. The number of thioether (sulfide) groups is 1. The lowest BCUT2D eigenvalue weighted by Crippen LogP contribution is -2.56. The highest BCUT2D eigenvalue weighted by atomic mass is 79.9. The first-order valence-electron chi connectivity index (χ1n) is 5.49. The molecule has 0 heterocycles. The van der Waals surface area contributed by atoms with Crippen LogP contribution in [-0.4, -0.2) is 17.2 Å². The number of carbonyl (C=O) groups excluding carboxylic acids is 1. The van der Waals surface area contributed by atoms with Gasteiger partial charge in [0.05, 0.1) is 0 Å². The van der Waals surface area contributed by atoms with Gasteiger partial charge in [0.2, 0.25) is 5.91 Å². The van der Waals surface area contributed by atoms with Crippen LogP contribution in [0.3, 0.4) is 0 Å². The lowest BCUT2D eigenvalue weighted by molar-refractivity contribution is -0.123. The van der Waals surface area contributed by atoms with Gasteiger partial charge in [-0.15, -0.1) is 11.8 Å². The highest BCUT2D eigenvalue weighted by Gasteiger charge is 2.46. The molecule has 1 amide bonds. The van der Waals surface area contributed by atoms with Crippen molar-refractivity contribution in [3.8, 4) is 0 Å². The summed E-state index contributed by atoms with van der Waals surface area (Å²) in [5.74, 6) is 0.422. The maximum atomic E-state index is 11.5. The van der Waals surface area contributed by atoms with Crippen molar-refractivity contribution in [1.82, 2.24) is 0 Å². The van der Waals surface area contributed by atoms with E-state index < -0.39 is 5.54 Å². The third-order valence-electron chi connectivity index (χ3n) is 3.04. The maximum absolute atomic E-state index is 11.5. The number of rotatable bonds is 5. The molecule has 0 saturated heterocycles. The van der Waals surface area contributed by atoms with Crippen LogP contribution in [0.25, 0.3) is 0 Å². The van der Waals surface area contributed by atoms with E-state index in [-0.39, 0.29) is 11.8 Å². The van der Waals surface area contributed by atoms with Gasteiger partial charge in [0, 0.05) is 15.1 Å². The fourth-order valence-electron chi connectivity index (χ4n) is 1.75. The zero-order valence-corrected chi connectivity index (χ0v) is 11.8. The summed E-state index contributed by atoms with van der Waals surface area (Å²) in [5, 5.41) is 0. The monoisotopic (exact) mass is 314 g/mol. The largest absolute Gasteiger partial charge is 0.368 e. The van der Waals surface area contributed by atoms with Crippen LogP contribution in [0, 0.1) is 5.92 Å². The Kier molecular flexibility index (Phi) is 3.80. The highest BCUT2D eigenvalue weighted by Crippen LogP contribution is 2.40. The van der Waals surface area contributed by atoms with Gasteiger partial charge >= 0.3 is 0 Å². The van der Waals surface area contributed by atoms with Gasteiger partial charge in [0.15, 0.2) is 0 Å². The van der Waals surface area contributed by atoms with Crippen molar-refractivity contribution in [3.63, 3.8) is 0 Å². The lowest BCUT2D eigenvalue weighted by Gasteiger charge is -2.25. The average molecular weight is 315 g/mol. The van der Waals surface area contributed by atoms with E-state index in [1.807, 2.05) is 24.3 Å². The number of hydrogen-bond acceptors (Lipinski definition) is 3. The van der Waals surface area contributed by atoms with Gasteiger partial charge in [-0.05, 0) is 37.0 Å². The first-order valence-corrected chi connectivity index (χ1v) is 7.27. The Balaban J connectivity index is 2.03. The van der Waals surface area contributed by atoms with Crippen molar-refractivity contribution in [2.45, 2.75) is 23.3 Å².